The Labute approximate surface area is 228 Å². The number of hydrogen-bond acceptors (Lipinski definition) is 16. The van der Waals surface area contributed by atoms with Crippen molar-refractivity contribution in [2.75, 3.05) is 13.2 Å². The summed E-state index contributed by atoms with van der Waals surface area (Å²) in [6.07, 6.45) is -22.6. The van der Waals surface area contributed by atoms with Crippen LogP contribution in [0, 0.1) is 0 Å². The van der Waals surface area contributed by atoms with Gasteiger partial charge in [-0.1, -0.05) is 0 Å². The van der Waals surface area contributed by atoms with Crippen LogP contribution in [0.5, 0.6) is 0 Å². The standard InChI is InChI=1S/C23H39NO16/c1-7-12(29)14(31)16(33)21(36-7)40-19-11(24-8(2)28)20(23(3,35)6-27)37-10(5-26)18(19)39-22-17(34)15(32)13(30)9(4-25)38-22/h6-7,9-22,25-26,29-35H,4-5H2,1-3H3,(H,24,28)/t7?,9?,10?,11?,12?,13?,14?,15?,16?,17?,18?,19?,20?,21?,22?,23-/m0/s1. The molecule has 16 atom stereocenters. The van der Waals surface area contributed by atoms with E-state index in [1.807, 2.05) is 0 Å². The molecule has 0 saturated carbocycles. The lowest BCUT2D eigenvalue weighted by atomic mass is 9.84. The average molecular weight is 586 g/mol. The van der Waals surface area contributed by atoms with Gasteiger partial charge in [-0.05, 0) is 13.8 Å². The molecule has 3 heterocycles. The molecule has 40 heavy (non-hydrogen) atoms. The number of aliphatic hydroxyl groups is 9. The van der Waals surface area contributed by atoms with Crippen molar-refractivity contribution in [3.05, 3.63) is 0 Å². The highest BCUT2D eigenvalue weighted by Crippen LogP contribution is 2.35. The van der Waals surface area contributed by atoms with Gasteiger partial charge in [0.05, 0.1) is 25.4 Å². The Morgan fingerprint density at radius 1 is 0.825 bits per heavy atom. The lowest BCUT2D eigenvalue weighted by Gasteiger charge is -2.52. The second-order valence-corrected chi connectivity index (χ2v) is 10.4. The minimum Gasteiger partial charge on any atom is -0.394 e. The van der Waals surface area contributed by atoms with Gasteiger partial charge in [0.15, 0.2) is 18.9 Å². The van der Waals surface area contributed by atoms with Crippen molar-refractivity contribution in [3.8, 4) is 0 Å². The fourth-order valence-corrected chi connectivity index (χ4v) is 4.99. The van der Waals surface area contributed by atoms with E-state index in [1.54, 1.807) is 0 Å². The van der Waals surface area contributed by atoms with E-state index in [1.165, 1.54) is 6.92 Å². The molecule has 3 aliphatic heterocycles. The number of carbonyl (C=O) groups is 2. The van der Waals surface area contributed by atoms with Gasteiger partial charge in [-0.3, -0.25) is 4.79 Å². The number of aliphatic hydroxyl groups excluding tert-OH is 8. The lowest BCUT2D eigenvalue weighted by Crippen LogP contribution is -2.72. The van der Waals surface area contributed by atoms with Gasteiger partial charge in [-0.15, -0.1) is 0 Å². The second kappa shape index (κ2) is 13.3. The third-order valence-corrected chi connectivity index (χ3v) is 7.30. The van der Waals surface area contributed by atoms with E-state index in [4.69, 9.17) is 23.7 Å². The zero-order chi connectivity index (χ0) is 30.1. The zero-order valence-electron chi connectivity index (χ0n) is 22.0. The number of nitrogens with one attached hydrogen (secondary N) is 1. The van der Waals surface area contributed by atoms with E-state index < -0.39 is 117 Å². The first kappa shape index (κ1) is 33.1. The van der Waals surface area contributed by atoms with Crippen LogP contribution in [0.3, 0.4) is 0 Å². The Morgan fingerprint density at radius 3 is 1.88 bits per heavy atom. The van der Waals surface area contributed by atoms with E-state index in [0.29, 0.717) is 0 Å². The molecule has 0 radical (unpaired) electrons. The van der Waals surface area contributed by atoms with Crippen molar-refractivity contribution >= 4 is 12.2 Å². The number of amides is 1. The number of rotatable bonds is 9. The molecule has 0 bridgehead atoms. The molecule has 17 heteroatoms. The van der Waals surface area contributed by atoms with Crippen LogP contribution in [0.25, 0.3) is 0 Å². The Morgan fingerprint density at radius 2 is 1.35 bits per heavy atom. The van der Waals surface area contributed by atoms with Gasteiger partial charge in [0.1, 0.15) is 72.7 Å². The second-order valence-electron chi connectivity index (χ2n) is 10.4. The summed E-state index contributed by atoms with van der Waals surface area (Å²) in [5, 5.41) is 94.7. The van der Waals surface area contributed by atoms with Crippen LogP contribution >= 0.6 is 0 Å². The smallest absolute Gasteiger partial charge is 0.217 e. The fourth-order valence-electron chi connectivity index (χ4n) is 4.99. The molecule has 15 unspecified atom stereocenters. The predicted molar refractivity (Wildman–Crippen MR) is 126 cm³/mol. The largest absolute Gasteiger partial charge is 0.394 e. The summed E-state index contributed by atoms with van der Waals surface area (Å²) in [5.41, 5.74) is -2.29. The summed E-state index contributed by atoms with van der Waals surface area (Å²) in [4.78, 5) is 24.0. The summed E-state index contributed by atoms with van der Waals surface area (Å²) < 4.78 is 28.4. The molecule has 0 spiro atoms. The molecule has 3 aliphatic rings. The molecule has 3 fully saturated rings. The maximum atomic E-state index is 12.2. The molecule has 3 rings (SSSR count). The molecule has 3 saturated heterocycles. The van der Waals surface area contributed by atoms with Crippen molar-refractivity contribution in [1.82, 2.24) is 5.32 Å². The van der Waals surface area contributed by atoms with Crippen LogP contribution < -0.4 is 5.32 Å². The Balaban J connectivity index is 2.05. The first-order chi connectivity index (χ1) is 18.7. The lowest BCUT2D eigenvalue weighted by molar-refractivity contribution is -0.364. The van der Waals surface area contributed by atoms with E-state index >= 15 is 0 Å². The van der Waals surface area contributed by atoms with Gasteiger partial charge in [0.2, 0.25) is 5.91 Å². The maximum absolute atomic E-state index is 12.2. The number of carbonyl (C=O) groups excluding carboxylic acids is 2. The Hall–Kier alpha value is -1.42. The predicted octanol–water partition coefficient (Wildman–Crippen LogP) is -6.40. The van der Waals surface area contributed by atoms with Crippen molar-refractivity contribution in [2.24, 2.45) is 0 Å². The highest BCUT2D eigenvalue weighted by Gasteiger charge is 2.57. The molecule has 0 aromatic heterocycles. The Bertz CT molecular complexity index is 861. The van der Waals surface area contributed by atoms with Crippen LogP contribution in [-0.2, 0) is 33.3 Å². The normalized spacial score (nSPS) is 47.8. The van der Waals surface area contributed by atoms with Crippen LogP contribution in [-0.4, -0.2) is 169 Å². The van der Waals surface area contributed by atoms with E-state index in [9.17, 15) is 55.5 Å². The molecule has 232 valence electrons. The molecular weight excluding hydrogens is 546 g/mol. The summed E-state index contributed by atoms with van der Waals surface area (Å²) >= 11 is 0. The quantitative estimate of drug-likeness (QED) is 0.113. The van der Waals surface area contributed by atoms with Crippen LogP contribution in [0.15, 0.2) is 0 Å². The molecule has 0 aromatic carbocycles. The maximum Gasteiger partial charge on any atom is 0.217 e. The van der Waals surface area contributed by atoms with Crippen LogP contribution in [0.2, 0.25) is 0 Å². The Kier molecular flexibility index (Phi) is 11.0. The van der Waals surface area contributed by atoms with Crippen molar-refractivity contribution in [3.63, 3.8) is 0 Å². The van der Waals surface area contributed by atoms with E-state index in [0.717, 1.165) is 13.8 Å². The SMILES string of the molecule is CC(=O)NC1C(OC2OC(C)C(O)C(O)C2O)C(OC2OC(CO)C(O)C(O)C2O)C(CO)OC1[C@@](C)(O)C=O. The average Bonchev–Trinajstić information content (AvgIpc) is 2.91. The summed E-state index contributed by atoms with van der Waals surface area (Å²) in [7, 11) is 0. The number of aldehydes is 1. The molecule has 0 aliphatic carbocycles. The zero-order valence-corrected chi connectivity index (χ0v) is 22.0. The van der Waals surface area contributed by atoms with Crippen molar-refractivity contribution < 1.29 is 79.2 Å². The minimum atomic E-state index is -2.29. The molecule has 1 amide bonds. The minimum absolute atomic E-state index is 0.130. The molecule has 10 N–H and O–H groups in total. The first-order valence-corrected chi connectivity index (χ1v) is 12.7. The van der Waals surface area contributed by atoms with Crippen molar-refractivity contribution in [2.45, 2.75) is 118 Å². The highest BCUT2D eigenvalue weighted by atomic mass is 16.7. The molecular formula is C23H39NO16. The first-order valence-electron chi connectivity index (χ1n) is 12.7. The van der Waals surface area contributed by atoms with E-state index in [2.05, 4.69) is 5.32 Å². The fraction of sp³-hybridized carbons (Fsp3) is 0.913. The molecule has 0 aromatic rings. The van der Waals surface area contributed by atoms with E-state index in [-0.39, 0.29) is 6.29 Å². The van der Waals surface area contributed by atoms with Gasteiger partial charge >= 0.3 is 0 Å². The van der Waals surface area contributed by atoms with Crippen LogP contribution in [0.1, 0.15) is 20.8 Å². The van der Waals surface area contributed by atoms with Crippen LogP contribution in [0.4, 0.5) is 0 Å². The van der Waals surface area contributed by atoms with Gasteiger partial charge in [0.25, 0.3) is 0 Å². The summed E-state index contributed by atoms with van der Waals surface area (Å²) in [6, 6.07) is -1.48. The third-order valence-electron chi connectivity index (χ3n) is 7.30. The number of hydrogen-bond donors (Lipinski definition) is 10. The monoisotopic (exact) mass is 585 g/mol. The summed E-state index contributed by atoms with van der Waals surface area (Å²) in [5.74, 6) is -0.697. The van der Waals surface area contributed by atoms with Gasteiger partial charge in [-0.25, -0.2) is 0 Å². The summed E-state index contributed by atoms with van der Waals surface area (Å²) in [6.45, 7) is 1.91. The highest BCUT2D eigenvalue weighted by molar-refractivity contribution is 5.74. The topological polar surface area (TPSA) is 274 Å². The number of ether oxygens (including phenoxy) is 5. The molecule has 17 nitrogen and oxygen atoms in total. The van der Waals surface area contributed by atoms with Gasteiger partial charge in [-0.2, -0.15) is 0 Å². The van der Waals surface area contributed by atoms with Crippen molar-refractivity contribution in [1.29, 1.82) is 0 Å². The third kappa shape index (κ3) is 6.63. The van der Waals surface area contributed by atoms with Gasteiger partial charge < -0.3 is 79.8 Å². The van der Waals surface area contributed by atoms with Gasteiger partial charge in [0, 0.05) is 6.92 Å².